The fourth-order valence-corrected chi connectivity index (χ4v) is 3.30. The van der Waals surface area contributed by atoms with Crippen molar-refractivity contribution >= 4 is 27.9 Å². The van der Waals surface area contributed by atoms with Gasteiger partial charge in [-0.3, -0.25) is 9.59 Å². The molecule has 1 aliphatic carbocycles. The van der Waals surface area contributed by atoms with Crippen LogP contribution in [0.2, 0.25) is 0 Å². The average molecular weight is 353 g/mol. The van der Waals surface area contributed by atoms with Crippen LogP contribution in [0.25, 0.3) is 0 Å². The van der Waals surface area contributed by atoms with E-state index < -0.39 is 22.8 Å². The zero-order valence-electron chi connectivity index (χ0n) is 11.6. The van der Waals surface area contributed by atoms with Gasteiger partial charge in [-0.15, -0.1) is 0 Å². The lowest BCUT2D eigenvalue weighted by Gasteiger charge is -2.40. The molecule has 112 valence electrons. The first kappa shape index (κ1) is 15.8. The summed E-state index contributed by atoms with van der Waals surface area (Å²) in [5.41, 5.74) is -1.47. The van der Waals surface area contributed by atoms with Gasteiger partial charge in [-0.05, 0) is 25.3 Å². The summed E-state index contributed by atoms with van der Waals surface area (Å²) >= 11 is 3.34. The van der Waals surface area contributed by atoms with E-state index in [1.807, 2.05) is 30.3 Å². The van der Waals surface area contributed by atoms with Crippen molar-refractivity contribution in [1.29, 1.82) is 0 Å². The molecular formula is C16H17BrO4. The van der Waals surface area contributed by atoms with Gasteiger partial charge in [0.2, 0.25) is 0 Å². The van der Waals surface area contributed by atoms with Crippen molar-refractivity contribution < 1.29 is 19.8 Å². The number of carboxylic acid groups (broad SMARTS) is 2. The molecule has 0 saturated carbocycles. The Morgan fingerprint density at radius 1 is 1.24 bits per heavy atom. The number of hydrogen-bond acceptors (Lipinski definition) is 2. The minimum absolute atomic E-state index is 0.0476. The topological polar surface area (TPSA) is 74.6 Å². The molecule has 0 aliphatic heterocycles. The second-order valence-corrected chi connectivity index (χ2v) is 6.77. The highest BCUT2D eigenvalue weighted by Gasteiger charge is 2.52. The van der Waals surface area contributed by atoms with Crippen LogP contribution in [0.4, 0.5) is 0 Å². The third-order valence-electron chi connectivity index (χ3n) is 4.15. The summed E-state index contributed by atoms with van der Waals surface area (Å²) in [6.07, 6.45) is 3.61. The Morgan fingerprint density at radius 2 is 1.86 bits per heavy atom. The first-order valence-electron chi connectivity index (χ1n) is 6.64. The van der Waals surface area contributed by atoms with E-state index in [1.165, 1.54) is 0 Å². The van der Waals surface area contributed by atoms with Crippen molar-refractivity contribution in [3.05, 3.63) is 48.0 Å². The van der Waals surface area contributed by atoms with Crippen molar-refractivity contribution in [2.24, 2.45) is 10.8 Å². The lowest BCUT2D eigenvalue weighted by atomic mass is 9.64. The van der Waals surface area contributed by atoms with Gasteiger partial charge in [0, 0.05) is 4.83 Å². The Morgan fingerprint density at radius 3 is 2.38 bits per heavy atom. The van der Waals surface area contributed by atoms with E-state index in [9.17, 15) is 19.8 Å². The predicted molar refractivity (Wildman–Crippen MR) is 82.4 cm³/mol. The van der Waals surface area contributed by atoms with Crippen LogP contribution in [-0.4, -0.2) is 27.0 Å². The number of allylic oxidation sites excluding steroid dienone is 1. The highest BCUT2D eigenvalue weighted by molar-refractivity contribution is 9.09. The molecule has 0 fully saturated rings. The Bertz CT molecular complexity index is 583. The molecule has 3 unspecified atom stereocenters. The van der Waals surface area contributed by atoms with Gasteiger partial charge in [-0.2, -0.15) is 0 Å². The van der Waals surface area contributed by atoms with Gasteiger partial charge in [-0.25, -0.2) is 0 Å². The molecule has 2 N–H and O–H groups in total. The van der Waals surface area contributed by atoms with Gasteiger partial charge >= 0.3 is 11.9 Å². The maximum atomic E-state index is 11.8. The number of halogens is 1. The smallest absolute Gasteiger partial charge is 0.313 e. The fourth-order valence-electron chi connectivity index (χ4n) is 2.79. The van der Waals surface area contributed by atoms with E-state index in [0.29, 0.717) is 0 Å². The molecular weight excluding hydrogens is 336 g/mol. The molecule has 0 amide bonds. The summed E-state index contributed by atoms with van der Waals surface area (Å²) in [4.78, 5) is 23.0. The minimum Gasteiger partial charge on any atom is -0.481 e. The Balaban J connectivity index is 2.42. The summed E-state index contributed by atoms with van der Waals surface area (Å²) in [6, 6.07) is 9.28. The molecule has 2 rings (SSSR count). The number of benzene rings is 1. The van der Waals surface area contributed by atoms with Crippen molar-refractivity contribution in [3.63, 3.8) is 0 Å². The highest BCUT2D eigenvalue weighted by atomic mass is 79.9. The van der Waals surface area contributed by atoms with Crippen molar-refractivity contribution in [2.75, 3.05) is 0 Å². The Kier molecular flexibility index (Phi) is 4.23. The summed E-state index contributed by atoms with van der Waals surface area (Å²) in [5.74, 6) is -1.98. The summed E-state index contributed by atoms with van der Waals surface area (Å²) in [7, 11) is 0. The van der Waals surface area contributed by atoms with Crippen molar-refractivity contribution in [3.8, 4) is 0 Å². The summed E-state index contributed by atoms with van der Waals surface area (Å²) in [6.45, 7) is 1.58. The quantitative estimate of drug-likeness (QED) is 0.644. The lowest BCUT2D eigenvalue weighted by Crippen LogP contribution is -2.47. The van der Waals surface area contributed by atoms with Crippen LogP contribution in [0.1, 0.15) is 18.9 Å². The van der Waals surface area contributed by atoms with Gasteiger partial charge in [-0.1, -0.05) is 58.4 Å². The van der Waals surface area contributed by atoms with Crippen LogP contribution in [0.15, 0.2) is 42.5 Å². The third kappa shape index (κ3) is 2.88. The molecule has 0 spiro atoms. The SMILES string of the molecule is CC1(C(=O)O)CC(Cc2ccccc2)(C(=O)O)C=CC1Br. The molecule has 1 aliphatic rings. The van der Waals surface area contributed by atoms with E-state index in [0.717, 1.165) is 5.56 Å². The first-order chi connectivity index (χ1) is 9.80. The van der Waals surface area contributed by atoms with Crippen LogP contribution >= 0.6 is 15.9 Å². The second kappa shape index (κ2) is 5.64. The molecule has 0 bridgehead atoms. The van der Waals surface area contributed by atoms with Crippen LogP contribution < -0.4 is 0 Å². The molecule has 21 heavy (non-hydrogen) atoms. The third-order valence-corrected chi connectivity index (χ3v) is 5.47. The summed E-state index contributed by atoms with van der Waals surface area (Å²) < 4.78 is 0. The molecule has 1 aromatic carbocycles. The number of rotatable bonds is 4. The standard InChI is InChI=1S/C16H17BrO4/c1-15(13(18)19)10-16(14(20)21,8-7-12(15)17)9-11-5-3-2-4-6-11/h2-8,12H,9-10H2,1H3,(H,18,19)(H,20,21). The zero-order chi connectivity index (χ0) is 15.7. The number of alkyl halides is 1. The minimum atomic E-state index is -1.20. The van der Waals surface area contributed by atoms with Crippen LogP contribution in [0, 0.1) is 10.8 Å². The van der Waals surface area contributed by atoms with E-state index in [4.69, 9.17) is 0 Å². The molecule has 1 aromatic rings. The van der Waals surface area contributed by atoms with Gasteiger partial charge in [0.15, 0.2) is 0 Å². The number of carbonyl (C=O) groups is 2. The Labute approximate surface area is 131 Å². The number of aliphatic carboxylic acids is 2. The average Bonchev–Trinajstić information content (AvgIpc) is 2.44. The van der Waals surface area contributed by atoms with E-state index in [1.54, 1.807) is 19.1 Å². The Hall–Kier alpha value is -1.62. The number of hydrogen-bond donors (Lipinski definition) is 2. The first-order valence-corrected chi connectivity index (χ1v) is 7.56. The summed E-state index contributed by atoms with van der Waals surface area (Å²) in [5, 5.41) is 19.2. The zero-order valence-corrected chi connectivity index (χ0v) is 13.2. The largest absolute Gasteiger partial charge is 0.481 e. The monoisotopic (exact) mass is 352 g/mol. The van der Waals surface area contributed by atoms with E-state index >= 15 is 0 Å². The van der Waals surface area contributed by atoms with Crippen molar-refractivity contribution in [2.45, 2.75) is 24.6 Å². The van der Waals surface area contributed by atoms with Gasteiger partial charge in [0.1, 0.15) is 0 Å². The number of carboxylic acids is 2. The fraction of sp³-hybridized carbons (Fsp3) is 0.375. The second-order valence-electron chi connectivity index (χ2n) is 5.78. The molecule has 5 heteroatoms. The molecule has 0 heterocycles. The van der Waals surface area contributed by atoms with E-state index in [2.05, 4.69) is 15.9 Å². The van der Waals surface area contributed by atoms with Gasteiger partial charge < -0.3 is 10.2 Å². The highest BCUT2D eigenvalue weighted by Crippen LogP contribution is 2.47. The van der Waals surface area contributed by atoms with Gasteiger partial charge in [0.25, 0.3) is 0 Å². The van der Waals surface area contributed by atoms with Gasteiger partial charge in [0.05, 0.1) is 10.8 Å². The van der Waals surface area contributed by atoms with Crippen molar-refractivity contribution in [1.82, 2.24) is 0 Å². The van der Waals surface area contributed by atoms with Crippen LogP contribution in [0.5, 0.6) is 0 Å². The van der Waals surface area contributed by atoms with Crippen LogP contribution in [-0.2, 0) is 16.0 Å². The molecule has 0 aromatic heterocycles. The molecule has 0 radical (unpaired) electrons. The lowest BCUT2D eigenvalue weighted by molar-refractivity contribution is -0.155. The maximum absolute atomic E-state index is 11.8. The van der Waals surface area contributed by atoms with Crippen LogP contribution in [0.3, 0.4) is 0 Å². The van der Waals surface area contributed by atoms with E-state index in [-0.39, 0.29) is 17.7 Å². The molecule has 3 atom stereocenters. The normalized spacial score (nSPS) is 31.8. The predicted octanol–water partition coefficient (Wildman–Crippen LogP) is 3.11. The molecule has 0 saturated heterocycles. The maximum Gasteiger partial charge on any atom is 0.313 e. The molecule has 4 nitrogen and oxygen atoms in total.